The number of urea groups is 1. The van der Waals surface area contributed by atoms with Crippen LogP contribution in [0.4, 0.5) is 4.79 Å². The number of amides is 3. The number of para-hydroxylation sites is 1. The van der Waals surface area contributed by atoms with E-state index in [1.54, 1.807) is 0 Å². The first kappa shape index (κ1) is 13.6. The lowest BCUT2D eigenvalue weighted by Crippen LogP contribution is -2.68. The Morgan fingerprint density at radius 2 is 1.95 bits per heavy atom. The lowest BCUT2D eigenvalue weighted by molar-refractivity contribution is -0.200. The van der Waals surface area contributed by atoms with Crippen LogP contribution in [0.15, 0.2) is 24.3 Å². The first-order chi connectivity index (χ1) is 10.5. The quantitative estimate of drug-likeness (QED) is 0.759. The van der Waals surface area contributed by atoms with Gasteiger partial charge in [0.2, 0.25) is 5.91 Å². The Bertz CT molecular complexity index is 657. The number of rotatable bonds is 0. The van der Waals surface area contributed by atoms with Crippen LogP contribution in [0.25, 0.3) is 0 Å². The van der Waals surface area contributed by atoms with E-state index < -0.39 is 23.8 Å². The van der Waals surface area contributed by atoms with Crippen LogP contribution in [0, 0.1) is 11.8 Å². The molecule has 2 fully saturated rings. The van der Waals surface area contributed by atoms with E-state index in [0.717, 1.165) is 11.3 Å². The van der Waals surface area contributed by atoms with Gasteiger partial charge in [0.1, 0.15) is 12.0 Å². The van der Waals surface area contributed by atoms with E-state index in [0.29, 0.717) is 6.61 Å². The SMILES string of the molecule is CC1(C)O[C@H]2NC(=O)NC(=O)[C@@H]2[C@H]2c3ccccc3OC[C@H]21. The smallest absolute Gasteiger partial charge is 0.323 e. The molecule has 3 aliphatic heterocycles. The fraction of sp³-hybridized carbons (Fsp3) is 0.500. The topological polar surface area (TPSA) is 76.7 Å². The molecule has 0 bridgehead atoms. The maximum atomic E-state index is 12.4. The van der Waals surface area contributed by atoms with Crippen molar-refractivity contribution in [3.8, 4) is 5.75 Å². The number of imide groups is 1. The first-order valence-electron chi connectivity index (χ1n) is 7.48. The van der Waals surface area contributed by atoms with Gasteiger partial charge < -0.3 is 14.8 Å². The number of carbonyl (C=O) groups excluding carboxylic acids is 2. The summed E-state index contributed by atoms with van der Waals surface area (Å²) in [5.74, 6) is 0.0883. The highest BCUT2D eigenvalue weighted by molar-refractivity contribution is 5.99. The van der Waals surface area contributed by atoms with Crippen molar-refractivity contribution >= 4 is 11.9 Å². The molecular weight excluding hydrogens is 284 g/mol. The molecule has 0 saturated carbocycles. The van der Waals surface area contributed by atoms with Crippen molar-refractivity contribution in [1.82, 2.24) is 10.6 Å². The zero-order chi connectivity index (χ0) is 15.5. The van der Waals surface area contributed by atoms with E-state index >= 15 is 0 Å². The molecule has 6 heteroatoms. The second-order valence-electron chi connectivity index (χ2n) is 6.61. The third-order valence-corrected chi connectivity index (χ3v) is 4.98. The van der Waals surface area contributed by atoms with Gasteiger partial charge in [0.15, 0.2) is 0 Å². The Morgan fingerprint density at radius 3 is 2.77 bits per heavy atom. The lowest BCUT2D eigenvalue weighted by Gasteiger charge is -2.53. The van der Waals surface area contributed by atoms with Crippen molar-refractivity contribution in [3.63, 3.8) is 0 Å². The minimum atomic E-state index is -0.608. The highest BCUT2D eigenvalue weighted by Crippen LogP contribution is 2.51. The van der Waals surface area contributed by atoms with E-state index in [-0.39, 0.29) is 17.7 Å². The predicted octanol–water partition coefficient (Wildman–Crippen LogP) is 1.37. The molecule has 3 heterocycles. The number of hydrogen-bond donors (Lipinski definition) is 2. The van der Waals surface area contributed by atoms with Crippen LogP contribution in [-0.4, -0.2) is 30.4 Å². The molecule has 4 atom stereocenters. The van der Waals surface area contributed by atoms with Gasteiger partial charge in [0.05, 0.1) is 18.1 Å². The van der Waals surface area contributed by atoms with Crippen molar-refractivity contribution in [3.05, 3.63) is 29.8 Å². The van der Waals surface area contributed by atoms with Crippen LogP contribution >= 0.6 is 0 Å². The van der Waals surface area contributed by atoms with Gasteiger partial charge in [-0.1, -0.05) is 18.2 Å². The molecule has 1 aromatic rings. The van der Waals surface area contributed by atoms with Gasteiger partial charge in [0.25, 0.3) is 0 Å². The van der Waals surface area contributed by atoms with Crippen LogP contribution in [0.5, 0.6) is 5.75 Å². The number of carbonyl (C=O) groups is 2. The van der Waals surface area contributed by atoms with E-state index in [2.05, 4.69) is 10.6 Å². The maximum Gasteiger partial charge on any atom is 0.323 e. The molecule has 4 rings (SSSR count). The summed E-state index contributed by atoms with van der Waals surface area (Å²) in [6.07, 6.45) is -0.608. The molecule has 1 aromatic carbocycles. The molecule has 3 aliphatic rings. The fourth-order valence-electron chi connectivity index (χ4n) is 3.92. The molecule has 2 N–H and O–H groups in total. The molecule has 0 radical (unpaired) electrons. The fourth-order valence-corrected chi connectivity index (χ4v) is 3.92. The van der Waals surface area contributed by atoms with E-state index in [9.17, 15) is 9.59 Å². The van der Waals surface area contributed by atoms with Gasteiger partial charge >= 0.3 is 6.03 Å². The third-order valence-electron chi connectivity index (χ3n) is 4.98. The molecule has 0 aliphatic carbocycles. The summed E-state index contributed by atoms with van der Waals surface area (Å²) in [5.41, 5.74) is 0.515. The zero-order valence-corrected chi connectivity index (χ0v) is 12.5. The third kappa shape index (κ3) is 1.83. The average molecular weight is 302 g/mol. The van der Waals surface area contributed by atoms with Gasteiger partial charge in [0, 0.05) is 11.8 Å². The summed E-state index contributed by atoms with van der Waals surface area (Å²) in [6.45, 7) is 4.47. The Morgan fingerprint density at radius 1 is 1.18 bits per heavy atom. The van der Waals surface area contributed by atoms with Gasteiger partial charge in [-0.3, -0.25) is 10.1 Å². The maximum absolute atomic E-state index is 12.4. The molecular formula is C16H18N2O4. The van der Waals surface area contributed by atoms with E-state index in [1.165, 1.54) is 0 Å². The van der Waals surface area contributed by atoms with Crippen molar-refractivity contribution in [2.24, 2.45) is 11.8 Å². The van der Waals surface area contributed by atoms with Crippen molar-refractivity contribution in [1.29, 1.82) is 0 Å². The number of ether oxygens (including phenoxy) is 2. The molecule has 0 aromatic heterocycles. The van der Waals surface area contributed by atoms with Gasteiger partial charge in [-0.05, 0) is 25.5 Å². The van der Waals surface area contributed by atoms with Crippen LogP contribution in [-0.2, 0) is 9.53 Å². The zero-order valence-electron chi connectivity index (χ0n) is 12.5. The van der Waals surface area contributed by atoms with Gasteiger partial charge in [-0.25, -0.2) is 4.79 Å². The summed E-state index contributed by atoms with van der Waals surface area (Å²) >= 11 is 0. The Kier molecular flexibility index (Phi) is 2.75. The summed E-state index contributed by atoms with van der Waals surface area (Å²) in [5, 5.41) is 5.09. The van der Waals surface area contributed by atoms with Crippen molar-refractivity contribution < 1.29 is 19.1 Å². The molecule has 116 valence electrons. The Hall–Kier alpha value is -2.08. The molecule has 6 nitrogen and oxygen atoms in total. The summed E-state index contributed by atoms with van der Waals surface area (Å²) < 4.78 is 11.9. The normalized spacial score (nSPS) is 35.2. The molecule has 22 heavy (non-hydrogen) atoms. The lowest BCUT2D eigenvalue weighted by atomic mass is 9.66. The Labute approximate surface area is 128 Å². The highest BCUT2D eigenvalue weighted by atomic mass is 16.5. The number of nitrogens with one attached hydrogen (secondary N) is 2. The second-order valence-corrected chi connectivity index (χ2v) is 6.61. The highest BCUT2D eigenvalue weighted by Gasteiger charge is 2.57. The Balaban J connectivity index is 1.84. The van der Waals surface area contributed by atoms with Crippen LogP contribution in [0.1, 0.15) is 25.3 Å². The summed E-state index contributed by atoms with van der Waals surface area (Å²) in [4.78, 5) is 24.0. The minimum Gasteiger partial charge on any atom is -0.493 e. The first-order valence-corrected chi connectivity index (χ1v) is 7.48. The van der Waals surface area contributed by atoms with Crippen LogP contribution in [0.2, 0.25) is 0 Å². The van der Waals surface area contributed by atoms with E-state index in [1.807, 2.05) is 38.1 Å². The number of benzene rings is 1. The molecule has 0 spiro atoms. The largest absolute Gasteiger partial charge is 0.493 e. The minimum absolute atomic E-state index is 0.0423. The van der Waals surface area contributed by atoms with Crippen LogP contribution < -0.4 is 15.4 Å². The van der Waals surface area contributed by atoms with E-state index in [4.69, 9.17) is 9.47 Å². The predicted molar refractivity (Wildman–Crippen MR) is 77.3 cm³/mol. The molecule has 2 saturated heterocycles. The van der Waals surface area contributed by atoms with Gasteiger partial charge in [-0.15, -0.1) is 0 Å². The van der Waals surface area contributed by atoms with Crippen molar-refractivity contribution in [2.45, 2.75) is 31.6 Å². The molecule has 0 unspecified atom stereocenters. The number of fused-ring (bicyclic) bond motifs is 5. The van der Waals surface area contributed by atoms with Crippen LogP contribution in [0.3, 0.4) is 0 Å². The monoisotopic (exact) mass is 302 g/mol. The van der Waals surface area contributed by atoms with Crippen molar-refractivity contribution in [2.75, 3.05) is 6.61 Å². The molecule has 3 amide bonds. The standard InChI is InChI=1S/C16H18N2O4/c1-16(2)9-7-21-10-6-4-3-5-8(10)11(9)12-13(19)17-15(20)18-14(12)22-16/h3-6,9,11-12,14H,7H2,1-2H3,(H2,17,18,19,20)/t9-,11+,12+,14-/m1/s1. The van der Waals surface area contributed by atoms with Gasteiger partial charge in [-0.2, -0.15) is 0 Å². The summed E-state index contributed by atoms with van der Waals surface area (Å²) in [6, 6.07) is 7.28. The summed E-state index contributed by atoms with van der Waals surface area (Å²) in [7, 11) is 0. The second kappa shape index (κ2) is 4.46. The number of hydrogen-bond acceptors (Lipinski definition) is 4. The average Bonchev–Trinajstić information content (AvgIpc) is 2.45.